The van der Waals surface area contributed by atoms with Crippen LogP contribution in [0.25, 0.3) is 0 Å². The molecule has 0 aliphatic carbocycles. The molecule has 0 radical (unpaired) electrons. The van der Waals surface area contributed by atoms with E-state index < -0.39 is 0 Å². The Balaban J connectivity index is 1.58. The normalized spacial score (nSPS) is 10.8. The van der Waals surface area contributed by atoms with Gasteiger partial charge in [-0.2, -0.15) is 0 Å². The van der Waals surface area contributed by atoms with Crippen molar-refractivity contribution in [3.8, 4) is 5.75 Å². The third kappa shape index (κ3) is 4.30. The van der Waals surface area contributed by atoms with Crippen molar-refractivity contribution in [1.82, 2.24) is 14.8 Å². The number of ether oxygens (including phenoxy) is 1. The van der Waals surface area contributed by atoms with Crippen LogP contribution in [-0.2, 0) is 19.4 Å². The lowest BCUT2D eigenvalue weighted by Crippen LogP contribution is -2.04. The van der Waals surface area contributed by atoms with Crippen LogP contribution in [0.2, 0.25) is 5.02 Å². The van der Waals surface area contributed by atoms with Crippen LogP contribution in [-0.4, -0.2) is 14.8 Å². The fourth-order valence-corrected chi connectivity index (χ4v) is 3.12. The Morgan fingerprint density at radius 1 is 1.04 bits per heavy atom. The van der Waals surface area contributed by atoms with Crippen molar-refractivity contribution in [2.24, 2.45) is 7.05 Å². The minimum Gasteiger partial charge on any atom is -0.486 e. The van der Waals surface area contributed by atoms with Gasteiger partial charge in [0.15, 0.2) is 11.0 Å². The Bertz CT molecular complexity index is 733. The third-order valence-corrected chi connectivity index (χ3v) is 4.94. The summed E-state index contributed by atoms with van der Waals surface area (Å²) < 4.78 is 7.74. The van der Waals surface area contributed by atoms with Crippen molar-refractivity contribution in [3.05, 3.63) is 70.5 Å². The summed E-state index contributed by atoms with van der Waals surface area (Å²) in [5.74, 6) is 2.45. The van der Waals surface area contributed by atoms with E-state index in [1.807, 2.05) is 60.1 Å². The van der Waals surface area contributed by atoms with E-state index in [1.165, 1.54) is 11.1 Å². The Hall–Kier alpha value is -1.98. The predicted octanol–water partition coefficient (Wildman–Crippen LogP) is 4.65. The highest BCUT2D eigenvalue weighted by Gasteiger charge is 2.10. The molecule has 0 spiro atoms. The first-order chi connectivity index (χ1) is 11.6. The number of rotatable bonds is 6. The molecule has 0 atom stereocenters. The molecule has 1 aromatic heterocycles. The Kier molecular flexibility index (Phi) is 5.43. The summed E-state index contributed by atoms with van der Waals surface area (Å²) in [6.07, 6.45) is 0. The topological polar surface area (TPSA) is 39.9 Å². The number of aryl methyl sites for hydroxylation is 1. The first-order valence-corrected chi connectivity index (χ1v) is 8.93. The summed E-state index contributed by atoms with van der Waals surface area (Å²) in [6.45, 7) is 2.45. The maximum atomic E-state index is 5.90. The second-order valence-electron chi connectivity index (χ2n) is 5.47. The van der Waals surface area contributed by atoms with Gasteiger partial charge < -0.3 is 9.30 Å². The van der Waals surface area contributed by atoms with Gasteiger partial charge in [-0.3, -0.25) is 0 Å². The van der Waals surface area contributed by atoms with Gasteiger partial charge in [0, 0.05) is 17.8 Å². The Labute approximate surface area is 150 Å². The van der Waals surface area contributed by atoms with Crippen molar-refractivity contribution in [1.29, 1.82) is 0 Å². The molecule has 0 amide bonds. The summed E-state index contributed by atoms with van der Waals surface area (Å²) in [4.78, 5) is 0. The summed E-state index contributed by atoms with van der Waals surface area (Å²) >= 11 is 7.55. The lowest BCUT2D eigenvalue weighted by atomic mass is 10.2. The summed E-state index contributed by atoms with van der Waals surface area (Å²) in [5.41, 5.74) is 2.41. The quantitative estimate of drug-likeness (QED) is 0.601. The zero-order valence-corrected chi connectivity index (χ0v) is 15.1. The molecule has 0 unspecified atom stereocenters. The van der Waals surface area contributed by atoms with E-state index in [2.05, 4.69) is 17.1 Å². The monoisotopic (exact) mass is 359 g/mol. The van der Waals surface area contributed by atoms with Gasteiger partial charge in [-0.15, -0.1) is 10.2 Å². The zero-order chi connectivity index (χ0) is 16.9. The maximum Gasteiger partial charge on any atom is 0.191 e. The summed E-state index contributed by atoms with van der Waals surface area (Å²) in [6, 6.07) is 15.8. The summed E-state index contributed by atoms with van der Waals surface area (Å²) in [7, 11) is 1.96. The van der Waals surface area contributed by atoms with E-state index in [0.717, 1.165) is 27.5 Å². The average molecular weight is 360 g/mol. The molecular weight excluding hydrogens is 342 g/mol. The fourth-order valence-electron chi connectivity index (χ4n) is 2.11. The third-order valence-electron chi connectivity index (χ3n) is 3.60. The molecule has 4 nitrogen and oxygen atoms in total. The SMILES string of the molecule is Cc1ccc(OCc2nnc(SCc3ccc(Cl)cc3)n2C)cc1. The van der Waals surface area contributed by atoms with Crippen molar-refractivity contribution in [3.63, 3.8) is 0 Å². The van der Waals surface area contributed by atoms with Crippen molar-refractivity contribution < 1.29 is 4.74 Å². The van der Waals surface area contributed by atoms with E-state index in [4.69, 9.17) is 16.3 Å². The first kappa shape index (κ1) is 16.9. The van der Waals surface area contributed by atoms with E-state index in [1.54, 1.807) is 11.8 Å². The van der Waals surface area contributed by atoms with Gasteiger partial charge in [0.05, 0.1) is 0 Å². The molecule has 1 heterocycles. The van der Waals surface area contributed by atoms with Gasteiger partial charge in [0.25, 0.3) is 0 Å². The highest BCUT2D eigenvalue weighted by atomic mass is 35.5. The molecule has 0 bridgehead atoms. The smallest absolute Gasteiger partial charge is 0.191 e. The van der Waals surface area contributed by atoms with Crippen LogP contribution in [0, 0.1) is 6.92 Å². The standard InChI is InChI=1S/C18H18ClN3OS/c1-13-3-9-16(10-4-13)23-11-17-20-21-18(22(17)2)24-12-14-5-7-15(19)8-6-14/h3-10H,11-12H2,1-2H3. The predicted molar refractivity (Wildman–Crippen MR) is 97.5 cm³/mol. The zero-order valence-electron chi connectivity index (χ0n) is 13.6. The van der Waals surface area contributed by atoms with Crippen LogP contribution < -0.4 is 4.74 Å². The van der Waals surface area contributed by atoms with Crippen LogP contribution in [0.1, 0.15) is 17.0 Å². The van der Waals surface area contributed by atoms with Gasteiger partial charge in [0.1, 0.15) is 12.4 Å². The van der Waals surface area contributed by atoms with Gasteiger partial charge in [-0.25, -0.2) is 0 Å². The molecule has 0 saturated carbocycles. The highest BCUT2D eigenvalue weighted by molar-refractivity contribution is 7.98. The molecule has 3 rings (SSSR count). The molecule has 0 aliphatic heterocycles. The van der Waals surface area contributed by atoms with Crippen molar-refractivity contribution >= 4 is 23.4 Å². The number of nitrogens with zero attached hydrogens (tertiary/aromatic N) is 3. The van der Waals surface area contributed by atoms with Crippen LogP contribution in [0.5, 0.6) is 5.75 Å². The van der Waals surface area contributed by atoms with Gasteiger partial charge in [0.2, 0.25) is 0 Å². The molecular formula is C18H18ClN3OS. The second-order valence-corrected chi connectivity index (χ2v) is 6.85. The highest BCUT2D eigenvalue weighted by Crippen LogP contribution is 2.22. The van der Waals surface area contributed by atoms with E-state index in [9.17, 15) is 0 Å². The van der Waals surface area contributed by atoms with Crippen molar-refractivity contribution in [2.45, 2.75) is 24.4 Å². The molecule has 6 heteroatoms. The first-order valence-electron chi connectivity index (χ1n) is 7.57. The lowest BCUT2D eigenvalue weighted by molar-refractivity contribution is 0.290. The molecule has 0 fully saturated rings. The summed E-state index contributed by atoms with van der Waals surface area (Å²) in [5, 5.41) is 10.1. The van der Waals surface area contributed by atoms with Gasteiger partial charge >= 0.3 is 0 Å². The number of halogens is 1. The number of thioether (sulfide) groups is 1. The molecule has 2 aromatic carbocycles. The van der Waals surface area contributed by atoms with E-state index in [-0.39, 0.29) is 0 Å². The van der Waals surface area contributed by atoms with E-state index in [0.29, 0.717) is 6.61 Å². The molecule has 3 aromatic rings. The van der Waals surface area contributed by atoms with Crippen LogP contribution in [0.3, 0.4) is 0 Å². The minimum absolute atomic E-state index is 0.397. The van der Waals surface area contributed by atoms with E-state index >= 15 is 0 Å². The van der Waals surface area contributed by atoms with Crippen LogP contribution in [0.4, 0.5) is 0 Å². The number of benzene rings is 2. The number of hydrogen-bond acceptors (Lipinski definition) is 4. The molecule has 0 saturated heterocycles. The molecule has 124 valence electrons. The van der Waals surface area contributed by atoms with Crippen molar-refractivity contribution in [2.75, 3.05) is 0 Å². The minimum atomic E-state index is 0.397. The number of aromatic nitrogens is 3. The number of hydrogen-bond donors (Lipinski definition) is 0. The maximum absolute atomic E-state index is 5.90. The Morgan fingerprint density at radius 3 is 2.46 bits per heavy atom. The van der Waals surface area contributed by atoms with Gasteiger partial charge in [-0.1, -0.05) is 53.2 Å². The molecule has 0 aliphatic rings. The second kappa shape index (κ2) is 7.73. The largest absolute Gasteiger partial charge is 0.486 e. The van der Waals surface area contributed by atoms with Gasteiger partial charge in [-0.05, 0) is 36.8 Å². The molecule has 0 N–H and O–H groups in total. The molecule has 24 heavy (non-hydrogen) atoms. The lowest BCUT2D eigenvalue weighted by Gasteiger charge is -2.07. The fraction of sp³-hybridized carbons (Fsp3) is 0.222. The van der Waals surface area contributed by atoms with Crippen LogP contribution in [0.15, 0.2) is 53.7 Å². The van der Waals surface area contributed by atoms with Crippen LogP contribution >= 0.6 is 23.4 Å². The Morgan fingerprint density at radius 2 is 1.75 bits per heavy atom. The average Bonchev–Trinajstić information content (AvgIpc) is 2.94.